The van der Waals surface area contributed by atoms with Crippen LogP contribution in [0, 0.1) is 0 Å². The molecule has 0 saturated carbocycles. The number of methoxy groups -OCH3 is 1. The maximum atomic E-state index is 11.4. The number of carbonyl (C=O) groups is 2. The number of carboxylic acid groups (broad SMARTS) is 1. The molecule has 0 aliphatic carbocycles. The number of ether oxygens (including phenoxy) is 1. The summed E-state index contributed by atoms with van der Waals surface area (Å²) in [5.74, 6) is -1.88. The van der Waals surface area contributed by atoms with E-state index in [9.17, 15) is 14.7 Å². The average molecular weight is 248 g/mol. The Bertz CT molecular complexity index is 267. The van der Waals surface area contributed by atoms with E-state index in [1.807, 2.05) is 0 Å². The maximum Gasteiger partial charge on any atom is 0.337 e. The summed E-state index contributed by atoms with van der Waals surface area (Å²) >= 11 is 0. The zero-order valence-electron chi connectivity index (χ0n) is 10.1. The molecule has 17 heavy (non-hydrogen) atoms. The zero-order chi connectivity index (χ0) is 13.5. The van der Waals surface area contributed by atoms with E-state index in [4.69, 9.17) is 15.6 Å². The molecule has 0 saturated heterocycles. The largest absolute Gasteiger partial charge is 0.479 e. The number of aliphatic hydroxyl groups is 1. The Morgan fingerprint density at radius 1 is 1.53 bits per heavy atom. The Balaban J connectivity index is 3.97. The van der Waals surface area contributed by atoms with Gasteiger partial charge in [0.25, 0.3) is 0 Å². The molecule has 0 rings (SSSR count). The van der Waals surface area contributed by atoms with Gasteiger partial charge in [-0.15, -0.1) is 0 Å². The zero-order valence-corrected chi connectivity index (χ0v) is 10.1. The Morgan fingerprint density at radius 2 is 2.12 bits per heavy atom. The molecule has 100 valence electrons. The summed E-state index contributed by atoms with van der Waals surface area (Å²) in [6.45, 7) is 1.24. The van der Waals surface area contributed by atoms with Crippen molar-refractivity contribution in [1.29, 1.82) is 0 Å². The Kier molecular flexibility index (Phi) is 6.71. The van der Waals surface area contributed by atoms with E-state index in [2.05, 4.69) is 5.32 Å². The number of nitrogens with two attached hydrogens (primary N) is 1. The Hall–Kier alpha value is -1.18. The van der Waals surface area contributed by atoms with E-state index in [0.29, 0.717) is 19.4 Å². The van der Waals surface area contributed by atoms with Crippen LogP contribution in [0.15, 0.2) is 0 Å². The Labute approximate surface area is 99.9 Å². The fraction of sp³-hybridized carbons (Fsp3) is 0.800. The number of carboxylic acids is 1. The normalized spacial score (nSPS) is 16.0. The lowest BCUT2D eigenvalue weighted by Gasteiger charge is -2.19. The SMILES string of the molecule is COCCCC(N)C(=O)NCC(C)(O)C(=O)O. The van der Waals surface area contributed by atoms with Gasteiger partial charge >= 0.3 is 5.97 Å². The molecule has 0 spiro atoms. The molecule has 0 fully saturated rings. The number of hydrogen-bond donors (Lipinski definition) is 4. The molecule has 0 heterocycles. The van der Waals surface area contributed by atoms with E-state index in [0.717, 1.165) is 6.92 Å². The molecule has 0 aromatic heterocycles. The standard InChI is InChI=1S/C10H20N2O5/c1-10(16,9(14)15)6-12-8(13)7(11)4-3-5-17-2/h7,16H,3-6,11H2,1-2H3,(H,12,13)(H,14,15). The van der Waals surface area contributed by atoms with Crippen molar-refractivity contribution in [3.05, 3.63) is 0 Å². The van der Waals surface area contributed by atoms with Crippen LogP contribution in [-0.4, -0.2) is 54.0 Å². The molecular formula is C10H20N2O5. The second-order valence-corrected chi connectivity index (χ2v) is 4.04. The van der Waals surface area contributed by atoms with Crippen molar-refractivity contribution in [2.45, 2.75) is 31.4 Å². The molecular weight excluding hydrogens is 228 g/mol. The van der Waals surface area contributed by atoms with E-state index < -0.39 is 23.5 Å². The molecule has 7 heteroatoms. The predicted octanol–water partition coefficient (Wildman–Crippen LogP) is -1.31. The van der Waals surface area contributed by atoms with Gasteiger partial charge in [0, 0.05) is 13.7 Å². The van der Waals surface area contributed by atoms with Crippen molar-refractivity contribution in [2.24, 2.45) is 5.73 Å². The third-order valence-electron chi connectivity index (χ3n) is 2.27. The summed E-state index contributed by atoms with van der Waals surface area (Å²) in [5.41, 5.74) is 3.58. The highest BCUT2D eigenvalue weighted by molar-refractivity contribution is 5.83. The third kappa shape index (κ3) is 6.20. The van der Waals surface area contributed by atoms with E-state index >= 15 is 0 Å². The first kappa shape index (κ1) is 15.8. The molecule has 0 aliphatic rings. The van der Waals surface area contributed by atoms with Crippen LogP contribution in [0.2, 0.25) is 0 Å². The Morgan fingerprint density at radius 3 is 2.59 bits per heavy atom. The lowest BCUT2D eigenvalue weighted by atomic mass is 10.1. The van der Waals surface area contributed by atoms with Crippen molar-refractivity contribution >= 4 is 11.9 Å². The van der Waals surface area contributed by atoms with Crippen LogP contribution < -0.4 is 11.1 Å². The monoisotopic (exact) mass is 248 g/mol. The number of hydrogen-bond acceptors (Lipinski definition) is 5. The van der Waals surface area contributed by atoms with Crippen molar-refractivity contribution < 1.29 is 24.5 Å². The first-order valence-corrected chi connectivity index (χ1v) is 5.29. The molecule has 0 aromatic rings. The first-order valence-electron chi connectivity index (χ1n) is 5.29. The van der Waals surface area contributed by atoms with Crippen LogP contribution in [0.4, 0.5) is 0 Å². The van der Waals surface area contributed by atoms with Gasteiger partial charge < -0.3 is 26.0 Å². The van der Waals surface area contributed by atoms with Gasteiger partial charge in [0.15, 0.2) is 5.60 Å². The molecule has 0 bridgehead atoms. The van der Waals surface area contributed by atoms with Crippen molar-refractivity contribution in [2.75, 3.05) is 20.3 Å². The highest BCUT2D eigenvalue weighted by Gasteiger charge is 2.30. The third-order valence-corrected chi connectivity index (χ3v) is 2.27. The highest BCUT2D eigenvalue weighted by atomic mass is 16.5. The minimum Gasteiger partial charge on any atom is -0.479 e. The van der Waals surface area contributed by atoms with Gasteiger partial charge in [-0.25, -0.2) is 4.79 Å². The summed E-state index contributed by atoms with van der Waals surface area (Å²) in [6.07, 6.45) is 1.08. The molecule has 1 amide bonds. The van der Waals surface area contributed by atoms with Crippen LogP contribution in [0.1, 0.15) is 19.8 Å². The summed E-state index contributed by atoms with van der Waals surface area (Å²) in [6, 6.07) is -0.727. The maximum absolute atomic E-state index is 11.4. The molecule has 7 nitrogen and oxygen atoms in total. The minimum absolute atomic E-state index is 0.376. The van der Waals surface area contributed by atoms with E-state index in [-0.39, 0.29) is 6.54 Å². The lowest BCUT2D eigenvalue weighted by molar-refractivity contribution is -0.156. The van der Waals surface area contributed by atoms with Crippen LogP contribution in [0.25, 0.3) is 0 Å². The van der Waals surface area contributed by atoms with E-state index in [1.165, 1.54) is 0 Å². The topological polar surface area (TPSA) is 122 Å². The minimum atomic E-state index is -1.98. The van der Waals surface area contributed by atoms with Gasteiger partial charge in [-0.3, -0.25) is 4.79 Å². The van der Waals surface area contributed by atoms with Gasteiger partial charge in [0.05, 0.1) is 12.6 Å². The molecule has 0 radical (unpaired) electrons. The quantitative estimate of drug-likeness (QED) is 0.396. The fourth-order valence-electron chi connectivity index (χ4n) is 1.04. The van der Waals surface area contributed by atoms with Gasteiger partial charge in [-0.2, -0.15) is 0 Å². The molecule has 2 unspecified atom stereocenters. The number of carbonyl (C=O) groups excluding carboxylic acids is 1. The smallest absolute Gasteiger partial charge is 0.337 e. The van der Waals surface area contributed by atoms with Crippen molar-refractivity contribution in [1.82, 2.24) is 5.32 Å². The number of amides is 1. The van der Waals surface area contributed by atoms with Gasteiger partial charge in [-0.1, -0.05) is 0 Å². The fourth-order valence-corrected chi connectivity index (χ4v) is 1.04. The molecule has 0 aromatic carbocycles. The van der Waals surface area contributed by atoms with Gasteiger partial charge in [-0.05, 0) is 19.8 Å². The molecule has 0 aliphatic heterocycles. The number of rotatable bonds is 8. The summed E-state index contributed by atoms with van der Waals surface area (Å²) in [4.78, 5) is 22.0. The molecule has 5 N–H and O–H groups in total. The highest BCUT2D eigenvalue weighted by Crippen LogP contribution is 2.01. The second kappa shape index (κ2) is 7.21. The summed E-state index contributed by atoms with van der Waals surface area (Å²) in [5, 5.41) is 20.3. The molecule has 2 atom stereocenters. The van der Waals surface area contributed by atoms with Gasteiger partial charge in [0.1, 0.15) is 0 Å². The van der Waals surface area contributed by atoms with Crippen LogP contribution in [-0.2, 0) is 14.3 Å². The first-order chi connectivity index (χ1) is 7.81. The second-order valence-electron chi connectivity index (χ2n) is 4.04. The summed E-state index contributed by atoms with van der Waals surface area (Å²) in [7, 11) is 1.55. The van der Waals surface area contributed by atoms with Crippen LogP contribution in [0.5, 0.6) is 0 Å². The predicted molar refractivity (Wildman–Crippen MR) is 60.4 cm³/mol. The van der Waals surface area contributed by atoms with Crippen molar-refractivity contribution in [3.8, 4) is 0 Å². The number of aliphatic carboxylic acids is 1. The lowest BCUT2D eigenvalue weighted by Crippen LogP contribution is -2.50. The van der Waals surface area contributed by atoms with Crippen LogP contribution in [0.3, 0.4) is 0 Å². The van der Waals surface area contributed by atoms with Crippen LogP contribution >= 0.6 is 0 Å². The number of nitrogens with one attached hydrogen (secondary N) is 1. The van der Waals surface area contributed by atoms with E-state index in [1.54, 1.807) is 7.11 Å². The summed E-state index contributed by atoms with van der Waals surface area (Å²) < 4.78 is 4.81. The van der Waals surface area contributed by atoms with Crippen molar-refractivity contribution in [3.63, 3.8) is 0 Å². The van der Waals surface area contributed by atoms with Gasteiger partial charge in [0.2, 0.25) is 5.91 Å². The average Bonchev–Trinajstić information content (AvgIpc) is 2.26.